The lowest BCUT2D eigenvalue weighted by molar-refractivity contribution is -0.120. The van der Waals surface area contributed by atoms with Crippen molar-refractivity contribution in [2.75, 3.05) is 23.3 Å². The molecule has 5 rings (SSSR count). The minimum Gasteiger partial charge on any atom is -0.355 e. The van der Waals surface area contributed by atoms with Gasteiger partial charge >= 0.3 is 0 Å². The Morgan fingerprint density at radius 1 is 1.15 bits per heavy atom. The Labute approximate surface area is 158 Å². The molecule has 3 aromatic heterocycles. The van der Waals surface area contributed by atoms with Crippen LogP contribution in [0.25, 0.3) is 16.9 Å². The molecular weight excluding hydrogens is 364 g/mol. The number of hydrogen-bond donors (Lipinski definition) is 1. The summed E-state index contributed by atoms with van der Waals surface area (Å²) < 4.78 is 10.1. The average molecular weight is 378 g/mol. The summed E-state index contributed by atoms with van der Waals surface area (Å²) in [7, 11) is 0. The number of carbonyl (C=O) groups excluding carboxylic acids is 1. The molecule has 0 bridgehead atoms. The van der Waals surface area contributed by atoms with E-state index in [0.29, 0.717) is 24.6 Å². The van der Waals surface area contributed by atoms with Crippen LogP contribution in [0.15, 0.2) is 49.1 Å². The Balaban J connectivity index is 1.26. The maximum Gasteiger partial charge on any atom is 0.231 e. The molecule has 10 heteroatoms. The van der Waals surface area contributed by atoms with Crippen molar-refractivity contribution in [2.45, 2.75) is 0 Å². The predicted octanol–water partition coefficient (Wildman–Crippen LogP) is 1.74. The Morgan fingerprint density at radius 3 is 2.89 bits per heavy atom. The quantitative estimate of drug-likeness (QED) is 0.577. The van der Waals surface area contributed by atoms with Crippen molar-refractivity contribution in [3.8, 4) is 5.82 Å². The maximum atomic E-state index is 12.6. The third kappa shape index (κ3) is 2.89. The Kier molecular flexibility index (Phi) is 3.75. The smallest absolute Gasteiger partial charge is 0.231 e. The highest BCUT2D eigenvalue weighted by molar-refractivity contribution is 7.00. The van der Waals surface area contributed by atoms with Gasteiger partial charge in [0.05, 0.1) is 23.3 Å². The van der Waals surface area contributed by atoms with Crippen LogP contribution >= 0.6 is 11.7 Å². The van der Waals surface area contributed by atoms with E-state index in [-0.39, 0.29) is 11.8 Å². The lowest BCUT2D eigenvalue weighted by atomic mass is 9.99. The molecule has 1 aromatic carbocycles. The van der Waals surface area contributed by atoms with E-state index >= 15 is 0 Å². The van der Waals surface area contributed by atoms with Gasteiger partial charge in [-0.15, -0.1) is 0 Å². The molecule has 9 nitrogen and oxygen atoms in total. The van der Waals surface area contributed by atoms with Crippen LogP contribution in [0.4, 0.5) is 11.5 Å². The Hall–Kier alpha value is -3.40. The molecule has 1 fully saturated rings. The van der Waals surface area contributed by atoms with Crippen LogP contribution in [0, 0.1) is 5.92 Å². The zero-order chi connectivity index (χ0) is 18.2. The molecule has 134 valence electrons. The molecule has 1 aliphatic heterocycles. The summed E-state index contributed by atoms with van der Waals surface area (Å²) in [5.74, 6) is 1.36. The number of carbonyl (C=O) groups is 1. The van der Waals surface area contributed by atoms with Gasteiger partial charge in [0.2, 0.25) is 5.91 Å². The fourth-order valence-electron chi connectivity index (χ4n) is 3.01. The van der Waals surface area contributed by atoms with Crippen LogP contribution < -0.4 is 10.2 Å². The monoisotopic (exact) mass is 378 g/mol. The summed E-state index contributed by atoms with van der Waals surface area (Å²) in [5.41, 5.74) is 2.22. The summed E-state index contributed by atoms with van der Waals surface area (Å²) in [6.45, 7) is 1.21. The van der Waals surface area contributed by atoms with Gasteiger partial charge in [0, 0.05) is 31.5 Å². The molecule has 4 aromatic rings. The van der Waals surface area contributed by atoms with Crippen molar-refractivity contribution in [3.05, 3.63) is 49.1 Å². The summed E-state index contributed by atoms with van der Waals surface area (Å²) in [6, 6.07) is 9.29. The Bertz CT molecular complexity index is 1100. The summed E-state index contributed by atoms with van der Waals surface area (Å²) >= 11 is 1.14. The third-order valence-corrected chi connectivity index (χ3v) is 5.04. The van der Waals surface area contributed by atoms with Gasteiger partial charge in [-0.05, 0) is 18.2 Å². The second-order valence-corrected chi connectivity index (χ2v) is 6.74. The standard InChI is InChI=1S/C17H14N8OS/c26-17(21-12-3-1-4-13-16(12)23-27-22-13)11-8-24(9-11)14-7-15(19-10-18-14)25-6-2-5-20-25/h1-7,10-11H,8-9H2,(H,21,26). The molecular formula is C17H14N8OS. The first-order valence-electron chi connectivity index (χ1n) is 8.37. The van der Waals surface area contributed by atoms with Crippen molar-refractivity contribution >= 4 is 40.2 Å². The lowest BCUT2D eigenvalue weighted by Crippen LogP contribution is -2.52. The molecule has 0 atom stereocenters. The van der Waals surface area contributed by atoms with Gasteiger partial charge in [0.1, 0.15) is 23.2 Å². The third-order valence-electron chi connectivity index (χ3n) is 4.50. The topological polar surface area (TPSA) is 102 Å². The van der Waals surface area contributed by atoms with Crippen molar-refractivity contribution in [1.82, 2.24) is 28.5 Å². The van der Waals surface area contributed by atoms with E-state index in [4.69, 9.17) is 0 Å². The minimum absolute atomic E-state index is 0.0203. The highest BCUT2D eigenvalue weighted by atomic mass is 32.1. The SMILES string of the molecule is O=C(Nc1cccc2nsnc12)C1CN(c2cc(-n3cccn3)ncn2)C1. The van der Waals surface area contributed by atoms with E-state index in [1.807, 2.05) is 41.4 Å². The first-order chi connectivity index (χ1) is 13.3. The largest absolute Gasteiger partial charge is 0.355 e. The molecule has 1 N–H and O–H groups in total. The number of aromatic nitrogens is 6. The van der Waals surface area contributed by atoms with E-state index in [2.05, 4.69) is 29.1 Å². The Morgan fingerprint density at radius 2 is 2.04 bits per heavy atom. The zero-order valence-electron chi connectivity index (χ0n) is 14.1. The van der Waals surface area contributed by atoms with Gasteiger partial charge in [-0.2, -0.15) is 13.8 Å². The molecule has 0 spiro atoms. The van der Waals surface area contributed by atoms with Crippen LogP contribution in [0.2, 0.25) is 0 Å². The summed E-state index contributed by atoms with van der Waals surface area (Å²) in [6.07, 6.45) is 5.03. The summed E-state index contributed by atoms with van der Waals surface area (Å²) in [5, 5.41) is 7.15. The van der Waals surface area contributed by atoms with E-state index in [1.54, 1.807) is 10.9 Å². The van der Waals surface area contributed by atoms with Crippen molar-refractivity contribution in [1.29, 1.82) is 0 Å². The normalized spacial score (nSPS) is 14.3. The highest BCUT2D eigenvalue weighted by Crippen LogP contribution is 2.26. The first-order valence-corrected chi connectivity index (χ1v) is 9.10. The minimum atomic E-state index is -0.102. The number of nitrogens with one attached hydrogen (secondary N) is 1. The summed E-state index contributed by atoms with van der Waals surface area (Å²) in [4.78, 5) is 23.1. The van der Waals surface area contributed by atoms with E-state index < -0.39 is 0 Å². The average Bonchev–Trinajstić information content (AvgIpc) is 3.33. The molecule has 1 aliphatic rings. The maximum absolute atomic E-state index is 12.6. The molecule has 0 aliphatic carbocycles. The van der Waals surface area contributed by atoms with Crippen molar-refractivity contribution in [2.24, 2.45) is 5.92 Å². The second kappa shape index (κ2) is 6.40. The molecule has 1 amide bonds. The van der Waals surface area contributed by atoms with Gasteiger partial charge in [-0.1, -0.05) is 6.07 Å². The molecule has 0 radical (unpaired) electrons. The van der Waals surface area contributed by atoms with Crippen LogP contribution in [0.1, 0.15) is 0 Å². The molecule has 1 saturated heterocycles. The number of anilines is 2. The van der Waals surface area contributed by atoms with Crippen molar-refractivity contribution in [3.63, 3.8) is 0 Å². The van der Waals surface area contributed by atoms with Crippen LogP contribution in [0.5, 0.6) is 0 Å². The predicted molar refractivity (Wildman–Crippen MR) is 101 cm³/mol. The highest BCUT2D eigenvalue weighted by Gasteiger charge is 2.34. The van der Waals surface area contributed by atoms with Crippen LogP contribution in [0.3, 0.4) is 0 Å². The van der Waals surface area contributed by atoms with Crippen LogP contribution in [-0.4, -0.2) is 47.5 Å². The molecule has 4 heterocycles. The molecule has 0 unspecified atom stereocenters. The van der Waals surface area contributed by atoms with Gasteiger partial charge < -0.3 is 10.2 Å². The number of hydrogen-bond acceptors (Lipinski definition) is 8. The van der Waals surface area contributed by atoms with Gasteiger partial charge in [-0.3, -0.25) is 4.79 Å². The van der Waals surface area contributed by atoms with E-state index in [0.717, 1.165) is 28.6 Å². The van der Waals surface area contributed by atoms with Crippen molar-refractivity contribution < 1.29 is 4.79 Å². The van der Waals surface area contributed by atoms with Gasteiger partial charge in [0.25, 0.3) is 0 Å². The van der Waals surface area contributed by atoms with E-state index in [9.17, 15) is 4.79 Å². The number of rotatable bonds is 4. The fraction of sp³-hybridized carbons (Fsp3) is 0.176. The fourth-order valence-corrected chi connectivity index (χ4v) is 3.56. The number of benzene rings is 1. The number of fused-ring (bicyclic) bond motifs is 1. The number of nitrogens with zero attached hydrogens (tertiary/aromatic N) is 7. The van der Waals surface area contributed by atoms with Gasteiger partial charge in [0.15, 0.2) is 5.82 Å². The number of amides is 1. The molecule has 0 saturated carbocycles. The zero-order valence-corrected chi connectivity index (χ0v) is 14.9. The van der Waals surface area contributed by atoms with Crippen LogP contribution in [-0.2, 0) is 4.79 Å². The lowest BCUT2D eigenvalue weighted by Gasteiger charge is -2.39. The van der Waals surface area contributed by atoms with E-state index in [1.165, 1.54) is 6.33 Å². The van der Waals surface area contributed by atoms with Gasteiger partial charge in [-0.25, -0.2) is 14.6 Å². The molecule has 27 heavy (non-hydrogen) atoms. The first kappa shape index (κ1) is 15.8. The second-order valence-electron chi connectivity index (χ2n) is 6.21.